The van der Waals surface area contributed by atoms with E-state index in [-0.39, 0.29) is 17.9 Å². The Kier molecular flexibility index (Phi) is 7.08. The van der Waals surface area contributed by atoms with Crippen molar-refractivity contribution in [3.8, 4) is 0 Å². The molecular weight excluding hydrogens is 362 g/mol. The normalized spacial score (nSPS) is 13.9. The van der Waals surface area contributed by atoms with Crippen LogP contribution in [0.1, 0.15) is 26.7 Å². The topological polar surface area (TPSA) is 129 Å². The van der Waals surface area contributed by atoms with Crippen molar-refractivity contribution >= 4 is 27.7 Å². The van der Waals surface area contributed by atoms with Crippen molar-refractivity contribution < 1.29 is 33.0 Å². The highest BCUT2D eigenvalue weighted by atomic mass is 32.2. The van der Waals surface area contributed by atoms with Crippen molar-refractivity contribution in [1.82, 2.24) is 4.90 Å². The number of carbonyl (C=O) groups excluding carboxylic acids is 1. The minimum absolute atomic E-state index is 0.0161. The van der Waals surface area contributed by atoms with Gasteiger partial charge in [0.05, 0.1) is 11.3 Å². The van der Waals surface area contributed by atoms with Gasteiger partial charge in [-0.05, 0) is 25.5 Å². The van der Waals surface area contributed by atoms with E-state index in [0.29, 0.717) is 5.41 Å². The second-order valence-corrected chi connectivity index (χ2v) is 7.34. The number of carbonyl (C=O) groups is 3. The van der Waals surface area contributed by atoms with Crippen molar-refractivity contribution in [3.63, 3.8) is 0 Å². The summed E-state index contributed by atoms with van der Waals surface area (Å²) in [6, 6.07) is 7.42. The Morgan fingerprint density at radius 3 is 2.12 bits per heavy atom. The molecule has 1 aromatic rings. The van der Waals surface area contributed by atoms with Gasteiger partial charge in [-0.2, -0.15) is 0 Å². The van der Waals surface area contributed by atoms with Crippen LogP contribution in [0.25, 0.3) is 0 Å². The second kappa shape index (κ2) is 8.61. The maximum atomic E-state index is 12.5. The molecule has 1 rings (SSSR count). The molecule has 0 heterocycles. The summed E-state index contributed by atoms with van der Waals surface area (Å²) in [6.07, 6.45) is -0.188. The number of amides is 1. The molecule has 0 aromatic heterocycles. The first-order valence-electron chi connectivity index (χ1n) is 7.85. The van der Waals surface area contributed by atoms with Crippen molar-refractivity contribution in [3.05, 3.63) is 41.8 Å². The maximum absolute atomic E-state index is 12.5. The molecule has 0 radical (unpaired) electrons. The minimum atomic E-state index is -3.88. The fourth-order valence-corrected chi connectivity index (χ4v) is 3.59. The zero-order valence-electron chi connectivity index (χ0n) is 14.5. The average molecular weight is 383 g/mol. The smallest absolute Gasteiger partial charge is 0.330 e. The number of aliphatic carboxylic acids is 2. The molecular formula is C17H21NO7S. The van der Waals surface area contributed by atoms with E-state index in [2.05, 4.69) is 0 Å². The Bertz CT molecular complexity index is 802. The van der Waals surface area contributed by atoms with E-state index in [9.17, 15) is 27.9 Å². The molecule has 1 amide bonds. The lowest BCUT2D eigenvalue weighted by atomic mass is 9.89. The van der Waals surface area contributed by atoms with Gasteiger partial charge in [0.15, 0.2) is 15.4 Å². The van der Waals surface area contributed by atoms with Crippen LogP contribution in [0.3, 0.4) is 0 Å². The van der Waals surface area contributed by atoms with Gasteiger partial charge in [0.1, 0.15) is 0 Å². The molecule has 0 unspecified atom stereocenters. The number of likely N-dealkylation sites (N-methyl/N-ethyl adjacent to an activating group) is 1. The van der Waals surface area contributed by atoms with E-state index in [1.165, 1.54) is 38.1 Å². The summed E-state index contributed by atoms with van der Waals surface area (Å²) in [7, 11) is -3.88. The number of hydrogen-bond acceptors (Lipinski definition) is 5. The van der Waals surface area contributed by atoms with E-state index in [0.717, 1.165) is 11.0 Å². The molecule has 2 N–H and O–H groups in total. The molecule has 0 bridgehead atoms. The molecule has 0 spiro atoms. The number of sulfone groups is 1. The zero-order chi connectivity index (χ0) is 20.0. The number of carboxylic acid groups (broad SMARTS) is 2. The van der Waals surface area contributed by atoms with Crippen LogP contribution >= 0.6 is 0 Å². The third kappa shape index (κ3) is 4.69. The van der Waals surface area contributed by atoms with Crippen molar-refractivity contribution in [2.24, 2.45) is 0 Å². The quantitative estimate of drug-likeness (QED) is 0.619. The number of nitrogens with zero attached hydrogens (tertiary/aromatic N) is 1. The van der Waals surface area contributed by atoms with Crippen molar-refractivity contribution in [2.75, 3.05) is 6.54 Å². The molecule has 8 nitrogen and oxygen atoms in total. The molecule has 142 valence electrons. The molecule has 0 saturated carbocycles. The summed E-state index contributed by atoms with van der Waals surface area (Å²) in [4.78, 5) is 36.1. The van der Waals surface area contributed by atoms with Gasteiger partial charge in [-0.15, -0.1) is 0 Å². The lowest BCUT2D eigenvalue weighted by Gasteiger charge is -2.38. The Morgan fingerprint density at radius 2 is 1.69 bits per heavy atom. The average Bonchev–Trinajstić information content (AvgIpc) is 2.59. The Morgan fingerprint density at radius 1 is 1.12 bits per heavy atom. The first-order chi connectivity index (χ1) is 12.1. The Labute approximate surface area is 151 Å². The SMILES string of the molecule is CCN(C(=O)/C=C/S(=O)(=O)c1ccccc1)[C@](CC)(CC(=O)O)C(=O)O. The third-order valence-corrected chi connectivity index (χ3v) is 5.41. The Hall–Kier alpha value is -2.68. The van der Waals surface area contributed by atoms with Gasteiger partial charge in [-0.3, -0.25) is 9.59 Å². The molecule has 1 atom stereocenters. The number of hydrogen-bond donors (Lipinski definition) is 2. The van der Waals surface area contributed by atoms with E-state index in [4.69, 9.17) is 5.11 Å². The fraction of sp³-hybridized carbons (Fsp3) is 0.353. The third-order valence-electron chi connectivity index (χ3n) is 3.99. The molecule has 0 aliphatic rings. The van der Waals surface area contributed by atoms with Gasteiger partial charge in [0, 0.05) is 18.0 Å². The lowest BCUT2D eigenvalue weighted by molar-refractivity contribution is -0.163. The van der Waals surface area contributed by atoms with E-state index < -0.39 is 39.6 Å². The van der Waals surface area contributed by atoms with E-state index in [1.807, 2.05) is 0 Å². The number of benzene rings is 1. The van der Waals surface area contributed by atoms with Gasteiger partial charge < -0.3 is 15.1 Å². The van der Waals surface area contributed by atoms with Crippen LogP contribution in [-0.4, -0.2) is 53.5 Å². The summed E-state index contributed by atoms with van der Waals surface area (Å²) < 4.78 is 24.4. The van der Waals surface area contributed by atoms with Gasteiger partial charge in [-0.1, -0.05) is 25.1 Å². The molecule has 26 heavy (non-hydrogen) atoms. The summed E-state index contributed by atoms with van der Waals surface area (Å²) in [5.41, 5.74) is -1.96. The highest BCUT2D eigenvalue weighted by molar-refractivity contribution is 7.94. The van der Waals surface area contributed by atoms with Crippen molar-refractivity contribution in [1.29, 1.82) is 0 Å². The van der Waals surface area contributed by atoms with Gasteiger partial charge >= 0.3 is 11.9 Å². The standard InChI is InChI=1S/C17H21NO7S/c1-3-17(16(22)23,12-15(20)21)18(4-2)14(19)10-11-26(24,25)13-8-6-5-7-9-13/h5-11H,3-4,12H2,1-2H3,(H,20,21)(H,22,23)/b11-10+/t17-/m1/s1. The molecule has 1 aromatic carbocycles. The lowest BCUT2D eigenvalue weighted by Crippen LogP contribution is -2.57. The molecule has 0 fully saturated rings. The van der Waals surface area contributed by atoms with Crippen LogP contribution in [0.15, 0.2) is 46.7 Å². The highest BCUT2D eigenvalue weighted by Gasteiger charge is 2.46. The first-order valence-corrected chi connectivity index (χ1v) is 9.40. The Balaban J connectivity index is 3.22. The number of rotatable bonds is 9. The maximum Gasteiger partial charge on any atom is 0.330 e. The van der Waals surface area contributed by atoms with Crippen LogP contribution in [0.2, 0.25) is 0 Å². The summed E-state index contributed by atoms with van der Waals surface area (Å²) >= 11 is 0. The summed E-state index contributed by atoms with van der Waals surface area (Å²) in [6.45, 7) is 2.85. The first kappa shape index (κ1) is 21.4. The fourth-order valence-electron chi connectivity index (χ4n) is 2.60. The summed E-state index contributed by atoms with van der Waals surface area (Å²) in [5, 5.41) is 19.3. The molecule has 0 aliphatic heterocycles. The predicted molar refractivity (Wildman–Crippen MR) is 93.1 cm³/mol. The number of carboxylic acids is 2. The van der Waals surface area contributed by atoms with Crippen LogP contribution < -0.4 is 0 Å². The second-order valence-electron chi connectivity index (χ2n) is 5.50. The highest BCUT2D eigenvalue weighted by Crippen LogP contribution is 2.26. The van der Waals surface area contributed by atoms with Gasteiger partial charge in [0.2, 0.25) is 5.91 Å². The summed E-state index contributed by atoms with van der Waals surface area (Å²) in [5.74, 6) is -3.73. The molecule has 0 aliphatic carbocycles. The zero-order valence-corrected chi connectivity index (χ0v) is 15.3. The van der Waals surface area contributed by atoms with Crippen LogP contribution in [0.5, 0.6) is 0 Å². The predicted octanol–water partition coefficient (Wildman–Crippen LogP) is 1.53. The van der Waals surface area contributed by atoms with Crippen LogP contribution in [0, 0.1) is 0 Å². The van der Waals surface area contributed by atoms with Crippen LogP contribution in [-0.2, 0) is 24.2 Å². The monoisotopic (exact) mass is 383 g/mol. The van der Waals surface area contributed by atoms with Gasteiger partial charge in [0.25, 0.3) is 0 Å². The molecule has 9 heteroatoms. The molecule has 0 saturated heterocycles. The van der Waals surface area contributed by atoms with Gasteiger partial charge in [-0.25, -0.2) is 13.2 Å². The van der Waals surface area contributed by atoms with E-state index >= 15 is 0 Å². The van der Waals surface area contributed by atoms with Crippen molar-refractivity contribution in [2.45, 2.75) is 37.1 Å². The van der Waals surface area contributed by atoms with Crippen LogP contribution in [0.4, 0.5) is 0 Å². The van der Waals surface area contributed by atoms with E-state index in [1.54, 1.807) is 6.07 Å². The minimum Gasteiger partial charge on any atom is -0.481 e. The largest absolute Gasteiger partial charge is 0.481 e.